The SMILES string of the molecule is C=C(CN)C(O)[C@H](C)CC. The van der Waals surface area contributed by atoms with Crippen molar-refractivity contribution in [2.75, 3.05) is 6.54 Å². The van der Waals surface area contributed by atoms with Crippen LogP contribution in [0.4, 0.5) is 0 Å². The average molecular weight is 143 g/mol. The molecule has 0 saturated carbocycles. The van der Waals surface area contributed by atoms with Crippen molar-refractivity contribution < 1.29 is 5.11 Å². The Morgan fingerprint density at radius 1 is 1.70 bits per heavy atom. The van der Waals surface area contributed by atoms with Crippen molar-refractivity contribution in [2.24, 2.45) is 11.7 Å². The van der Waals surface area contributed by atoms with Crippen molar-refractivity contribution in [3.63, 3.8) is 0 Å². The molecule has 0 bridgehead atoms. The summed E-state index contributed by atoms with van der Waals surface area (Å²) in [6.07, 6.45) is 0.537. The summed E-state index contributed by atoms with van der Waals surface area (Å²) >= 11 is 0. The van der Waals surface area contributed by atoms with Crippen LogP contribution in [0.25, 0.3) is 0 Å². The molecule has 2 heteroatoms. The van der Waals surface area contributed by atoms with E-state index in [1.807, 2.05) is 13.8 Å². The van der Waals surface area contributed by atoms with Gasteiger partial charge < -0.3 is 10.8 Å². The van der Waals surface area contributed by atoms with E-state index >= 15 is 0 Å². The van der Waals surface area contributed by atoms with Crippen LogP contribution in [0, 0.1) is 5.92 Å². The van der Waals surface area contributed by atoms with Gasteiger partial charge in [0.25, 0.3) is 0 Å². The van der Waals surface area contributed by atoms with Crippen LogP contribution in [0.1, 0.15) is 20.3 Å². The van der Waals surface area contributed by atoms with Gasteiger partial charge in [-0.25, -0.2) is 0 Å². The number of rotatable bonds is 4. The van der Waals surface area contributed by atoms with Gasteiger partial charge in [-0.15, -0.1) is 0 Å². The first-order valence-electron chi connectivity index (χ1n) is 3.69. The maximum Gasteiger partial charge on any atom is 0.0785 e. The third-order valence-electron chi connectivity index (χ3n) is 1.86. The van der Waals surface area contributed by atoms with Crippen molar-refractivity contribution in [3.8, 4) is 0 Å². The second-order valence-electron chi connectivity index (χ2n) is 2.69. The van der Waals surface area contributed by atoms with E-state index in [9.17, 15) is 5.11 Å². The van der Waals surface area contributed by atoms with Gasteiger partial charge in [-0.2, -0.15) is 0 Å². The molecule has 0 radical (unpaired) electrons. The Balaban J connectivity index is 3.81. The van der Waals surface area contributed by atoms with Gasteiger partial charge in [0.15, 0.2) is 0 Å². The van der Waals surface area contributed by atoms with Crippen LogP contribution in [-0.4, -0.2) is 17.8 Å². The Morgan fingerprint density at radius 3 is 2.50 bits per heavy atom. The normalized spacial score (nSPS) is 16.4. The lowest BCUT2D eigenvalue weighted by Gasteiger charge is -2.17. The second kappa shape index (κ2) is 4.47. The molecule has 0 fully saturated rings. The minimum atomic E-state index is -0.421. The molecule has 2 atom stereocenters. The lowest BCUT2D eigenvalue weighted by Crippen LogP contribution is -2.23. The zero-order valence-corrected chi connectivity index (χ0v) is 6.80. The van der Waals surface area contributed by atoms with E-state index in [1.54, 1.807) is 0 Å². The maximum atomic E-state index is 9.41. The van der Waals surface area contributed by atoms with Gasteiger partial charge in [0.2, 0.25) is 0 Å². The number of aliphatic hydroxyl groups excluding tert-OH is 1. The first-order valence-corrected chi connectivity index (χ1v) is 3.69. The molecule has 0 aliphatic rings. The molecule has 0 aliphatic heterocycles. The van der Waals surface area contributed by atoms with Crippen LogP contribution in [0.3, 0.4) is 0 Å². The Hall–Kier alpha value is -0.340. The van der Waals surface area contributed by atoms with E-state index in [0.29, 0.717) is 6.54 Å². The van der Waals surface area contributed by atoms with Gasteiger partial charge in [0, 0.05) is 6.54 Å². The van der Waals surface area contributed by atoms with Crippen LogP contribution in [-0.2, 0) is 0 Å². The number of hydrogen-bond donors (Lipinski definition) is 2. The van der Waals surface area contributed by atoms with Gasteiger partial charge >= 0.3 is 0 Å². The third-order valence-corrected chi connectivity index (χ3v) is 1.86. The molecule has 0 rings (SSSR count). The minimum absolute atomic E-state index is 0.274. The summed E-state index contributed by atoms with van der Waals surface area (Å²) in [5.41, 5.74) is 6.04. The van der Waals surface area contributed by atoms with E-state index < -0.39 is 6.10 Å². The first-order chi connectivity index (χ1) is 4.63. The van der Waals surface area contributed by atoms with Crippen LogP contribution in [0.15, 0.2) is 12.2 Å². The smallest absolute Gasteiger partial charge is 0.0785 e. The van der Waals surface area contributed by atoms with E-state index in [4.69, 9.17) is 5.73 Å². The summed E-state index contributed by atoms with van der Waals surface area (Å²) in [4.78, 5) is 0. The lowest BCUT2D eigenvalue weighted by atomic mass is 9.96. The minimum Gasteiger partial charge on any atom is -0.388 e. The van der Waals surface area contributed by atoms with Gasteiger partial charge in [0.1, 0.15) is 0 Å². The topological polar surface area (TPSA) is 46.2 Å². The van der Waals surface area contributed by atoms with Gasteiger partial charge in [0.05, 0.1) is 6.10 Å². The van der Waals surface area contributed by atoms with Gasteiger partial charge in [-0.05, 0) is 11.5 Å². The fraction of sp³-hybridized carbons (Fsp3) is 0.750. The van der Waals surface area contributed by atoms with Gasteiger partial charge in [-0.3, -0.25) is 0 Å². The zero-order chi connectivity index (χ0) is 8.15. The highest BCUT2D eigenvalue weighted by Crippen LogP contribution is 2.12. The van der Waals surface area contributed by atoms with Crippen LogP contribution < -0.4 is 5.73 Å². The highest BCUT2D eigenvalue weighted by atomic mass is 16.3. The standard InChI is InChI=1S/C8H17NO/c1-4-6(2)8(10)7(3)5-9/h6,8,10H,3-5,9H2,1-2H3/t6-,8?/m1/s1. The van der Waals surface area contributed by atoms with Crippen molar-refractivity contribution in [3.05, 3.63) is 12.2 Å². The van der Waals surface area contributed by atoms with Crippen molar-refractivity contribution in [1.29, 1.82) is 0 Å². The molecule has 0 saturated heterocycles. The monoisotopic (exact) mass is 143 g/mol. The molecule has 0 heterocycles. The molecule has 1 unspecified atom stereocenters. The molecule has 0 aromatic heterocycles. The van der Waals surface area contributed by atoms with Crippen molar-refractivity contribution >= 4 is 0 Å². The Kier molecular flexibility index (Phi) is 4.32. The molecule has 0 aromatic rings. The lowest BCUT2D eigenvalue weighted by molar-refractivity contribution is 0.147. The third kappa shape index (κ3) is 2.50. The van der Waals surface area contributed by atoms with Crippen LogP contribution >= 0.6 is 0 Å². The second-order valence-corrected chi connectivity index (χ2v) is 2.69. The van der Waals surface area contributed by atoms with E-state index in [-0.39, 0.29) is 5.92 Å². The predicted molar refractivity (Wildman–Crippen MR) is 43.7 cm³/mol. The fourth-order valence-electron chi connectivity index (χ4n) is 0.746. The van der Waals surface area contributed by atoms with E-state index in [2.05, 4.69) is 6.58 Å². The molecule has 2 nitrogen and oxygen atoms in total. The van der Waals surface area contributed by atoms with Crippen LogP contribution in [0.2, 0.25) is 0 Å². The number of aliphatic hydroxyl groups is 1. The molecular formula is C8H17NO. The Morgan fingerprint density at radius 2 is 2.20 bits per heavy atom. The molecule has 0 aromatic carbocycles. The van der Waals surface area contributed by atoms with E-state index in [0.717, 1.165) is 12.0 Å². The predicted octanol–water partition coefficient (Wildman–Crippen LogP) is 0.908. The average Bonchev–Trinajstić information content (AvgIpc) is 2.00. The molecular weight excluding hydrogens is 126 g/mol. The largest absolute Gasteiger partial charge is 0.388 e. The Labute approximate surface area is 62.7 Å². The summed E-state index contributed by atoms with van der Waals surface area (Å²) in [7, 11) is 0. The van der Waals surface area contributed by atoms with Crippen LogP contribution in [0.5, 0.6) is 0 Å². The summed E-state index contributed by atoms with van der Waals surface area (Å²) in [5, 5.41) is 9.41. The summed E-state index contributed by atoms with van der Waals surface area (Å²) in [6, 6.07) is 0. The fourth-order valence-corrected chi connectivity index (χ4v) is 0.746. The summed E-state index contributed by atoms with van der Waals surface area (Å²) < 4.78 is 0. The quantitative estimate of drug-likeness (QED) is 0.574. The highest BCUT2D eigenvalue weighted by molar-refractivity contribution is 5.04. The maximum absolute atomic E-state index is 9.41. The van der Waals surface area contributed by atoms with E-state index in [1.165, 1.54) is 0 Å². The molecule has 0 spiro atoms. The molecule has 10 heavy (non-hydrogen) atoms. The molecule has 60 valence electrons. The Bertz CT molecular complexity index is 112. The zero-order valence-electron chi connectivity index (χ0n) is 6.80. The summed E-state index contributed by atoms with van der Waals surface area (Å²) in [6.45, 7) is 8.08. The number of nitrogens with two attached hydrogens (primary N) is 1. The molecule has 0 aliphatic carbocycles. The highest BCUT2D eigenvalue weighted by Gasteiger charge is 2.13. The summed E-state index contributed by atoms with van der Waals surface area (Å²) in [5.74, 6) is 0.274. The first kappa shape index (κ1) is 9.66. The van der Waals surface area contributed by atoms with Crippen molar-refractivity contribution in [2.45, 2.75) is 26.4 Å². The molecule has 3 N–H and O–H groups in total. The number of hydrogen-bond acceptors (Lipinski definition) is 2. The molecule has 0 amide bonds. The van der Waals surface area contributed by atoms with Crippen molar-refractivity contribution in [1.82, 2.24) is 0 Å². The van der Waals surface area contributed by atoms with Gasteiger partial charge in [-0.1, -0.05) is 26.8 Å².